The molecule has 2 fully saturated rings. The molecule has 3 atom stereocenters. The molecule has 4 rings (SSSR count). The Kier molecular flexibility index (Phi) is 5.24. The van der Waals surface area contributed by atoms with Gasteiger partial charge in [-0.3, -0.25) is 14.4 Å². The zero-order valence-electron chi connectivity index (χ0n) is 14.8. The second-order valence-corrected chi connectivity index (χ2v) is 9.25. The molecule has 5 nitrogen and oxygen atoms in total. The Hall–Kier alpha value is -1.83. The fourth-order valence-corrected chi connectivity index (χ4v) is 5.50. The first-order chi connectivity index (χ1) is 13.4. The van der Waals surface area contributed by atoms with E-state index in [4.69, 9.17) is 11.6 Å². The summed E-state index contributed by atoms with van der Waals surface area (Å²) in [4.78, 5) is 40.2. The van der Waals surface area contributed by atoms with Crippen molar-refractivity contribution < 1.29 is 14.4 Å². The lowest BCUT2D eigenvalue weighted by atomic mass is 10.0. The van der Waals surface area contributed by atoms with Crippen LogP contribution in [0.25, 0.3) is 0 Å². The second kappa shape index (κ2) is 7.54. The number of amides is 2. The van der Waals surface area contributed by atoms with Crippen LogP contribution in [-0.2, 0) is 14.4 Å². The van der Waals surface area contributed by atoms with Crippen LogP contribution in [0.15, 0.2) is 46.9 Å². The summed E-state index contributed by atoms with van der Waals surface area (Å²) < 4.78 is 0.940. The summed E-state index contributed by atoms with van der Waals surface area (Å²) >= 11 is 10.9. The zero-order valence-corrected chi connectivity index (χ0v) is 18.0. The van der Waals surface area contributed by atoms with Gasteiger partial charge in [-0.2, -0.15) is 0 Å². The van der Waals surface area contributed by atoms with Crippen molar-refractivity contribution in [2.75, 3.05) is 11.1 Å². The van der Waals surface area contributed by atoms with E-state index in [1.165, 1.54) is 0 Å². The molecule has 2 heterocycles. The van der Waals surface area contributed by atoms with Crippen molar-refractivity contribution in [1.29, 1.82) is 0 Å². The molecule has 2 amide bonds. The number of halogens is 2. The highest BCUT2D eigenvalue weighted by Crippen LogP contribution is 2.46. The number of rotatable bonds is 3. The number of hydrogen-bond acceptors (Lipinski definition) is 4. The summed E-state index contributed by atoms with van der Waals surface area (Å²) in [6.07, 6.45) is 0. The monoisotopic (exact) mass is 478 g/mol. The SMILES string of the molecule is Cc1cc(Cl)ccc1NC(=O)C1C(=O)C2CS[C@@H](c3ccc(Br)cc3)N2C1=O. The highest BCUT2D eigenvalue weighted by atomic mass is 79.9. The minimum absolute atomic E-state index is 0.260. The minimum atomic E-state index is -1.31. The lowest BCUT2D eigenvalue weighted by Gasteiger charge is -2.23. The highest BCUT2D eigenvalue weighted by molar-refractivity contribution is 9.10. The number of carbonyl (C=O) groups excluding carboxylic acids is 3. The molecule has 0 aliphatic carbocycles. The molecule has 1 N–H and O–H groups in total. The first-order valence-corrected chi connectivity index (χ1v) is 10.9. The average Bonchev–Trinajstić information content (AvgIpc) is 3.19. The molecule has 2 saturated heterocycles. The van der Waals surface area contributed by atoms with E-state index in [9.17, 15) is 14.4 Å². The predicted molar refractivity (Wildman–Crippen MR) is 113 cm³/mol. The summed E-state index contributed by atoms with van der Waals surface area (Å²) in [5, 5.41) is 3.01. The number of benzene rings is 2. The van der Waals surface area contributed by atoms with Gasteiger partial charge in [0, 0.05) is 20.9 Å². The van der Waals surface area contributed by atoms with Crippen LogP contribution in [0.4, 0.5) is 5.69 Å². The molecule has 2 aliphatic heterocycles. The van der Waals surface area contributed by atoms with Crippen LogP contribution in [-0.4, -0.2) is 34.3 Å². The van der Waals surface area contributed by atoms with Gasteiger partial charge in [0.05, 0.1) is 0 Å². The Morgan fingerprint density at radius 2 is 1.93 bits per heavy atom. The first-order valence-electron chi connectivity index (χ1n) is 8.67. The van der Waals surface area contributed by atoms with E-state index >= 15 is 0 Å². The Bertz CT molecular complexity index is 982. The number of nitrogens with zero attached hydrogens (tertiary/aromatic N) is 1. The van der Waals surface area contributed by atoms with E-state index < -0.39 is 23.8 Å². The van der Waals surface area contributed by atoms with Gasteiger partial charge in [0.25, 0.3) is 0 Å². The number of hydrogen-bond donors (Lipinski definition) is 1. The standard InChI is InChI=1S/C20H16BrClN2O3S/c1-10-8-13(22)6-7-14(10)23-18(26)16-17(25)15-9-28-20(24(15)19(16)27)11-2-4-12(21)5-3-11/h2-8,15-16,20H,9H2,1H3,(H,23,26)/t15?,16?,20-/m0/s1. The van der Waals surface area contributed by atoms with Crippen LogP contribution in [0, 0.1) is 12.8 Å². The van der Waals surface area contributed by atoms with Gasteiger partial charge in [-0.05, 0) is 48.4 Å². The number of aryl methyl sites for hydroxylation is 1. The quantitative estimate of drug-likeness (QED) is 0.670. The van der Waals surface area contributed by atoms with E-state index in [-0.39, 0.29) is 11.2 Å². The van der Waals surface area contributed by atoms with Crippen LogP contribution >= 0.6 is 39.3 Å². The van der Waals surface area contributed by atoms with Crippen molar-refractivity contribution in [1.82, 2.24) is 4.90 Å². The average molecular weight is 480 g/mol. The summed E-state index contributed by atoms with van der Waals surface area (Å²) in [5.74, 6) is -2.17. The van der Waals surface area contributed by atoms with Crippen LogP contribution in [0.1, 0.15) is 16.5 Å². The minimum Gasteiger partial charge on any atom is -0.325 e. The Morgan fingerprint density at radius 1 is 1.21 bits per heavy atom. The number of anilines is 1. The topological polar surface area (TPSA) is 66.5 Å². The summed E-state index contributed by atoms with van der Waals surface area (Å²) in [6, 6.07) is 12.1. The molecule has 0 saturated carbocycles. The predicted octanol–water partition coefficient (Wildman–Crippen LogP) is 4.19. The van der Waals surface area contributed by atoms with Gasteiger partial charge in [-0.25, -0.2) is 0 Å². The van der Waals surface area contributed by atoms with Crippen molar-refractivity contribution in [3.63, 3.8) is 0 Å². The molecule has 2 aromatic carbocycles. The number of nitrogens with one attached hydrogen (secondary N) is 1. The van der Waals surface area contributed by atoms with Gasteiger partial charge >= 0.3 is 0 Å². The van der Waals surface area contributed by atoms with Crippen molar-refractivity contribution in [3.8, 4) is 0 Å². The zero-order chi connectivity index (χ0) is 20.0. The van der Waals surface area contributed by atoms with Crippen LogP contribution in [0.5, 0.6) is 0 Å². The van der Waals surface area contributed by atoms with Crippen LogP contribution in [0.2, 0.25) is 5.02 Å². The normalized spacial score (nSPS) is 23.8. The molecule has 0 aromatic heterocycles. The third kappa shape index (κ3) is 3.36. The third-order valence-corrected chi connectivity index (χ3v) is 7.07. The van der Waals surface area contributed by atoms with Crippen molar-refractivity contribution in [2.24, 2.45) is 5.92 Å². The molecule has 0 radical (unpaired) electrons. The van der Waals surface area contributed by atoms with E-state index in [1.54, 1.807) is 41.8 Å². The maximum absolute atomic E-state index is 13.0. The van der Waals surface area contributed by atoms with Gasteiger partial charge in [0.15, 0.2) is 11.7 Å². The molecule has 2 aromatic rings. The molecule has 0 bridgehead atoms. The lowest BCUT2D eigenvalue weighted by Crippen LogP contribution is -2.35. The second-order valence-electron chi connectivity index (χ2n) is 6.78. The lowest BCUT2D eigenvalue weighted by molar-refractivity contribution is -0.138. The number of Topliss-reactive ketones (excluding diaryl/α,β-unsaturated/α-hetero) is 1. The molecule has 144 valence electrons. The molecular weight excluding hydrogens is 464 g/mol. The maximum Gasteiger partial charge on any atom is 0.244 e. The third-order valence-electron chi connectivity index (χ3n) is 4.98. The Morgan fingerprint density at radius 3 is 2.61 bits per heavy atom. The fraction of sp³-hybridized carbons (Fsp3) is 0.250. The largest absolute Gasteiger partial charge is 0.325 e. The molecule has 28 heavy (non-hydrogen) atoms. The van der Waals surface area contributed by atoms with Gasteiger partial charge in [0.1, 0.15) is 11.4 Å². The van der Waals surface area contributed by atoms with E-state index in [1.807, 2.05) is 24.3 Å². The van der Waals surface area contributed by atoms with Gasteiger partial charge in [0.2, 0.25) is 11.8 Å². The summed E-state index contributed by atoms with van der Waals surface area (Å²) in [7, 11) is 0. The van der Waals surface area contributed by atoms with Crippen molar-refractivity contribution in [3.05, 3.63) is 63.1 Å². The van der Waals surface area contributed by atoms with E-state index in [0.717, 1.165) is 15.6 Å². The summed E-state index contributed by atoms with van der Waals surface area (Å²) in [6.45, 7) is 1.80. The highest BCUT2D eigenvalue weighted by Gasteiger charge is 2.56. The van der Waals surface area contributed by atoms with Gasteiger partial charge in [-0.1, -0.05) is 39.7 Å². The number of ketones is 1. The Labute approximate surface area is 179 Å². The molecule has 0 spiro atoms. The number of fused-ring (bicyclic) bond motifs is 1. The molecule has 8 heteroatoms. The van der Waals surface area contributed by atoms with Gasteiger partial charge < -0.3 is 10.2 Å². The van der Waals surface area contributed by atoms with E-state index in [0.29, 0.717) is 16.5 Å². The molecular formula is C20H16BrClN2O3S. The molecule has 2 unspecified atom stereocenters. The number of carbonyl (C=O) groups is 3. The van der Waals surface area contributed by atoms with Crippen LogP contribution < -0.4 is 5.32 Å². The molecule has 2 aliphatic rings. The van der Waals surface area contributed by atoms with Crippen molar-refractivity contribution in [2.45, 2.75) is 18.3 Å². The van der Waals surface area contributed by atoms with Crippen LogP contribution in [0.3, 0.4) is 0 Å². The van der Waals surface area contributed by atoms with E-state index in [2.05, 4.69) is 21.2 Å². The van der Waals surface area contributed by atoms with Gasteiger partial charge in [-0.15, -0.1) is 11.8 Å². The first kappa shape index (κ1) is 19.5. The smallest absolute Gasteiger partial charge is 0.244 e. The maximum atomic E-state index is 13.0. The van der Waals surface area contributed by atoms with Crippen molar-refractivity contribution >= 4 is 62.6 Å². The fourth-order valence-electron chi connectivity index (χ4n) is 3.56. The number of thioether (sulfide) groups is 1. The Balaban J connectivity index is 1.57. The summed E-state index contributed by atoms with van der Waals surface area (Å²) in [5.41, 5.74) is 2.25.